The summed E-state index contributed by atoms with van der Waals surface area (Å²) in [5.74, 6) is 0.357. The molecule has 1 amide bonds. The molecule has 8 heteroatoms. The van der Waals surface area contributed by atoms with Gasteiger partial charge in [0, 0.05) is 25.0 Å². The monoisotopic (exact) mass is 461 g/mol. The maximum atomic E-state index is 12.8. The largest absolute Gasteiger partial charge is 0.372 e. The highest BCUT2D eigenvalue weighted by Gasteiger charge is 2.26. The Balaban J connectivity index is 1.43. The number of aryl methyl sites for hydroxylation is 1. The van der Waals surface area contributed by atoms with E-state index in [-0.39, 0.29) is 23.9 Å². The van der Waals surface area contributed by atoms with Crippen molar-refractivity contribution in [1.82, 2.24) is 24.6 Å². The van der Waals surface area contributed by atoms with Gasteiger partial charge in [-0.15, -0.1) is 10.2 Å². The fraction of sp³-hybridized carbons (Fsp3) is 0.360. The second-order valence-corrected chi connectivity index (χ2v) is 9.65. The molecule has 2 aromatic carbocycles. The van der Waals surface area contributed by atoms with Crippen LogP contribution in [-0.2, 0) is 16.1 Å². The van der Waals surface area contributed by atoms with Crippen LogP contribution in [0.1, 0.15) is 25.0 Å². The van der Waals surface area contributed by atoms with E-state index < -0.39 is 0 Å². The molecule has 7 nitrogen and oxygen atoms in total. The number of benzene rings is 2. The normalized spacial score (nSPS) is 18.8. The van der Waals surface area contributed by atoms with Gasteiger partial charge in [-0.2, -0.15) is 0 Å². The predicted molar refractivity (Wildman–Crippen MR) is 130 cm³/mol. The van der Waals surface area contributed by atoms with E-state index in [0.717, 1.165) is 22.1 Å². The average Bonchev–Trinajstić information content (AvgIpc) is 3.10. The van der Waals surface area contributed by atoms with Crippen molar-refractivity contribution in [3.63, 3.8) is 0 Å². The lowest BCUT2D eigenvalue weighted by Gasteiger charge is -2.35. The number of carbonyl (C=O) groups is 1. The topological polar surface area (TPSA) is 73.1 Å². The van der Waals surface area contributed by atoms with Gasteiger partial charge < -0.3 is 14.2 Å². The van der Waals surface area contributed by atoms with Gasteiger partial charge in [0.2, 0.25) is 11.1 Å². The smallest absolute Gasteiger partial charge is 0.233 e. The second-order valence-electron chi connectivity index (χ2n) is 8.70. The van der Waals surface area contributed by atoms with Gasteiger partial charge >= 0.3 is 0 Å². The van der Waals surface area contributed by atoms with Crippen LogP contribution in [0.5, 0.6) is 0 Å². The Morgan fingerprint density at radius 1 is 1.09 bits per heavy atom. The van der Waals surface area contributed by atoms with E-state index in [1.165, 1.54) is 22.9 Å². The zero-order valence-electron chi connectivity index (χ0n) is 19.1. The van der Waals surface area contributed by atoms with Gasteiger partial charge in [0.1, 0.15) is 5.52 Å². The summed E-state index contributed by atoms with van der Waals surface area (Å²) in [7, 11) is 0. The van der Waals surface area contributed by atoms with Crippen molar-refractivity contribution in [3.05, 3.63) is 59.7 Å². The van der Waals surface area contributed by atoms with Gasteiger partial charge in [-0.25, -0.2) is 4.98 Å². The van der Waals surface area contributed by atoms with Gasteiger partial charge in [0.25, 0.3) is 0 Å². The molecule has 170 valence electrons. The van der Waals surface area contributed by atoms with Gasteiger partial charge in [-0.1, -0.05) is 59.8 Å². The highest BCUT2D eigenvalue weighted by Crippen LogP contribution is 2.28. The van der Waals surface area contributed by atoms with E-state index in [0.29, 0.717) is 24.8 Å². The third-order valence-corrected chi connectivity index (χ3v) is 6.70. The lowest BCUT2D eigenvalue weighted by atomic mass is 10.1. The maximum absolute atomic E-state index is 12.8. The van der Waals surface area contributed by atoms with Crippen molar-refractivity contribution in [1.29, 1.82) is 0 Å². The van der Waals surface area contributed by atoms with Crippen LogP contribution >= 0.6 is 11.8 Å². The lowest BCUT2D eigenvalue weighted by Crippen LogP contribution is -2.48. The number of hydrogen-bond donors (Lipinski definition) is 0. The molecule has 5 rings (SSSR count). The van der Waals surface area contributed by atoms with E-state index >= 15 is 0 Å². The minimum absolute atomic E-state index is 0.0503. The number of amides is 1. The Bertz CT molecular complexity index is 1310. The molecule has 2 atom stereocenters. The molecule has 3 heterocycles. The minimum atomic E-state index is 0.0503. The number of para-hydroxylation sites is 1. The summed E-state index contributed by atoms with van der Waals surface area (Å²) in [6, 6.07) is 16.7. The Morgan fingerprint density at radius 3 is 2.67 bits per heavy atom. The molecule has 0 saturated carbocycles. The number of nitrogens with zero attached hydrogens (tertiary/aromatic N) is 5. The van der Waals surface area contributed by atoms with Crippen LogP contribution in [-0.4, -0.2) is 61.6 Å². The summed E-state index contributed by atoms with van der Waals surface area (Å²) >= 11 is 1.34. The second kappa shape index (κ2) is 9.11. The van der Waals surface area contributed by atoms with Crippen molar-refractivity contribution in [2.75, 3.05) is 18.8 Å². The molecule has 1 aliphatic heterocycles. The number of fused-ring (bicyclic) bond motifs is 3. The van der Waals surface area contributed by atoms with Gasteiger partial charge in [-0.05, 0) is 32.4 Å². The highest BCUT2D eigenvalue weighted by molar-refractivity contribution is 7.99. The quantitative estimate of drug-likeness (QED) is 0.417. The Morgan fingerprint density at radius 2 is 1.88 bits per heavy atom. The molecule has 0 radical (unpaired) electrons. The molecular formula is C25H27N5O2S. The van der Waals surface area contributed by atoms with Crippen molar-refractivity contribution < 1.29 is 9.53 Å². The van der Waals surface area contributed by atoms with E-state index in [9.17, 15) is 4.79 Å². The molecule has 2 aromatic heterocycles. The van der Waals surface area contributed by atoms with Crippen LogP contribution in [0.4, 0.5) is 0 Å². The lowest BCUT2D eigenvalue weighted by molar-refractivity contribution is -0.140. The number of aromatic nitrogens is 4. The van der Waals surface area contributed by atoms with E-state index in [4.69, 9.17) is 9.72 Å². The molecule has 1 fully saturated rings. The minimum Gasteiger partial charge on any atom is -0.372 e. The van der Waals surface area contributed by atoms with Gasteiger partial charge in [0.15, 0.2) is 5.65 Å². The van der Waals surface area contributed by atoms with Crippen molar-refractivity contribution in [2.24, 2.45) is 0 Å². The molecule has 1 aliphatic rings. The maximum Gasteiger partial charge on any atom is 0.233 e. The summed E-state index contributed by atoms with van der Waals surface area (Å²) in [5.41, 5.74) is 5.07. The summed E-state index contributed by atoms with van der Waals surface area (Å²) < 4.78 is 7.92. The number of hydrogen-bond acceptors (Lipinski definition) is 6. The third kappa shape index (κ3) is 4.58. The summed E-state index contributed by atoms with van der Waals surface area (Å²) in [5, 5.41) is 10.4. The fourth-order valence-corrected chi connectivity index (χ4v) is 5.19. The summed E-state index contributed by atoms with van der Waals surface area (Å²) in [6.45, 7) is 8.02. The van der Waals surface area contributed by atoms with Gasteiger partial charge in [-0.3, -0.25) is 4.79 Å². The molecule has 4 aromatic rings. The van der Waals surface area contributed by atoms with Crippen molar-refractivity contribution in [3.8, 4) is 0 Å². The van der Waals surface area contributed by atoms with Crippen molar-refractivity contribution in [2.45, 2.75) is 44.7 Å². The Hall–Kier alpha value is -2.97. The molecule has 0 N–H and O–H groups in total. The predicted octanol–water partition coefficient (Wildman–Crippen LogP) is 4.06. The third-order valence-electron chi connectivity index (χ3n) is 5.87. The molecule has 33 heavy (non-hydrogen) atoms. The molecule has 0 bridgehead atoms. The van der Waals surface area contributed by atoms with Crippen LogP contribution in [0.25, 0.3) is 22.1 Å². The zero-order valence-corrected chi connectivity index (χ0v) is 19.9. The first-order valence-electron chi connectivity index (χ1n) is 11.2. The van der Waals surface area contributed by atoms with Crippen LogP contribution in [0.2, 0.25) is 0 Å². The zero-order chi connectivity index (χ0) is 22.9. The standard InChI is InChI=1S/C25H27N5O2S/c1-16-7-6-8-19(11-16)14-30-21-10-5-4-9-20(21)23-24(30)26-25(28-27-23)33-15-22(31)29-12-17(2)32-18(3)13-29/h4-11,17-18H,12-15H2,1-3H3. The first-order chi connectivity index (χ1) is 16.0. The highest BCUT2D eigenvalue weighted by atomic mass is 32.2. The van der Waals surface area contributed by atoms with E-state index in [1.54, 1.807) is 0 Å². The summed E-state index contributed by atoms with van der Waals surface area (Å²) in [6.07, 6.45) is 0.101. The van der Waals surface area contributed by atoms with Crippen LogP contribution in [0, 0.1) is 6.92 Å². The van der Waals surface area contributed by atoms with Crippen LogP contribution in [0.3, 0.4) is 0 Å². The first kappa shape index (κ1) is 21.9. The van der Waals surface area contributed by atoms with E-state index in [2.05, 4.69) is 58.1 Å². The average molecular weight is 462 g/mol. The molecular weight excluding hydrogens is 434 g/mol. The number of morpholine rings is 1. The van der Waals surface area contributed by atoms with Crippen molar-refractivity contribution >= 4 is 39.7 Å². The Kier molecular flexibility index (Phi) is 6.03. The Labute approximate surface area is 197 Å². The fourth-order valence-electron chi connectivity index (χ4n) is 4.50. The SMILES string of the molecule is Cc1cccc(Cn2c3ccccc3c3nnc(SCC(=O)N4CC(C)OC(C)C4)nc32)c1. The first-order valence-corrected chi connectivity index (χ1v) is 12.2. The molecule has 1 saturated heterocycles. The molecule has 2 unspecified atom stereocenters. The number of rotatable bonds is 5. The van der Waals surface area contributed by atoms with Gasteiger partial charge in [0.05, 0.1) is 23.5 Å². The van der Waals surface area contributed by atoms with Crippen LogP contribution < -0.4 is 0 Å². The molecule has 0 aliphatic carbocycles. The van der Waals surface area contributed by atoms with Crippen LogP contribution in [0.15, 0.2) is 53.7 Å². The number of ether oxygens (including phenoxy) is 1. The van der Waals surface area contributed by atoms with E-state index in [1.807, 2.05) is 30.9 Å². The molecule has 0 spiro atoms. The summed E-state index contributed by atoms with van der Waals surface area (Å²) in [4.78, 5) is 19.5. The number of carbonyl (C=O) groups excluding carboxylic acids is 1. The number of thioether (sulfide) groups is 1.